The van der Waals surface area contributed by atoms with Crippen molar-refractivity contribution in [2.24, 2.45) is 11.3 Å². The van der Waals surface area contributed by atoms with E-state index in [0.717, 1.165) is 10.1 Å². The van der Waals surface area contributed by atoms with Crippen LogP contribution in [0.25, 0.3) is 10.1 Å². The molecule has 3 heterocycles. The second kappa shape index (κ2) is 4.79. The third kappa shape index (κ3) is 1.87. The Kier molecular flexibility index (Phi) is 2.99. The number of rotatable bonds is 2. The largest absolute Gasteiger partial charge is 0.481 e. The van der Waals surface area contributed by atoms with E-state index in [2.05, 4.69) is 0 Å². The van der Waals surface area contributed by atoms with Crippen LogP contribution in [0.4, 0.5) is 0 Å². The summed E-state index contributed by atoms with van der Waals surface area (Å²) in [5, 5.41) is 10.6. The first-order valence-electron chi connectivity index (χ1n) is 7.19. The van der Waals surface area contributed by atoms with E-state index in [1.54, 1.807) is 4.90 Å². The van der Waals surface area contributed by atoms with Crippen LogP contribution in [0.15, 0.2) is 30.3 Å². The van der Waals surface area contributed by atoms with Crippen molar-refractivity contribution in [2.45, 2.75) is 0 Å². The molecule has 2 aliphatic rings. The lowest BCUT2D eigenvalue weighted by Crippen LogP contribution is -2.39. The molecule has 2 aromatic rings. The number of aliphatic carboxylic acids is 1. The van der Waals surface area contributed by atoms with Gasteiger partial charge in [0.2, 0.25) is 0 Å². The molecular weight excluding hydrogens is 302 g/mol. The minimum Gasteiger partial charge on any atom is -0.481 e. The molecule has 2 atom stereocenters. The van der Waals surface area contributed by atoms with E-state index in [1.165, 1.54) is 11.3 Å². The molecule has 1 aromatic carbocycles. The summed E-state index contributed by atoms with van der Waals surface area (Å²) in [5.41, 5.74) is -0.924. The van der Waals surface area contributed by atoms with Gasteiger partial charge in [-0.15, -0.1) is 11.3 Å². The lowest BCUT2D eigenvalue weighted by atomic mass is 9.81. The van der Waals surface area contributed by atoms with Gasteiger partial charge in [0.05, 0.1) is 18.1 Å². The van der Waals surface area contributed by atoms with Crippen LogP contribution in [0.2, 0.25) is 0 Å². The number of carboxylic acid groups (broad SMARTS) is 1. The number of likely N-dealkylation sites (tertiary alicyclic amines) is 1. The molecule has 2 aliphatic heterocycles. The number of thiophene rings is 1. The molecule has 4 rings (SSSR count). The topological polar surface area (TPSA) is 66.8 Å². The van der Waals surface area contributed by atoms with Gasteiger partial charge in [-0.3, -0.25) is 9.59 Å². The van der Waals surface area contributed by atoms with E-state index in [-0.39, 0.29) is 25.0 Å². The lowest BCUT2D eigenvalue weighted by Gasteiger charge is -2.21. The molecule has 5 nitrogen and oxygen atoms in total. The van der Waals surface area contributed by atoms with Crippen molar-refractivity contribution in [3.8, 4) is 0 Å². The molecule has 22 heavy (non-hydrogen) atoms. The van der Waals surface area contributed by atoms with Crippen molar-refractivity contribution in [3.05, 3.63) is 35.2 Å². The zero-order chi connectivity index (χ0) is 15.3. The molecule has 0 unspecified atom stereocenters. The number of ether oxygens (including phenoxy) is 1. The van der Waals surface area contributed by atoms with Gasteiger partial charge in [0.1, 0.15) is 5.41 Å². The Morgan fingerprint density at radius 3 is 2.91 bits per heavy atom. The minimum atomic E-state index is -0.924. The summed E-state index contributed by atoms with van der Waals surface area (Å²) in [5.74, 6) is -1.04. The molecule has 2 saturated heterocycles. The highest BCUT2D eigenvalue weighted by Crippen LogP contribution is 2.42. The Labute approximate surface area is 131 Å². The SMILES string of the molecule is O=C(c1cc2ccccc2s1)N1C[C@@H]2COC[C@]2(C(=O)O)C1. The van der Waals surface area contributed by atoms with E-state index in [4.69, 9.17) is 4.74 Å². The van der Waals surface area contributed by atoms with Crippen molar-refractivity contribution in [2.75, 3.05) is 26.3 Å². The smallest absolute Gasteiger partial charge is 0.314 e. The van der Waals surface area contributed by atoms with Crippen molar-refractivity contribution >= 4 is 33.3 Å². The summed E-state index contributed by atoms with van der Waals surface area (Å²) in [4.78, 5) is 26.7. The molecular formula is C16H15NO4S. The fourth-order valence-electron chi connectivity index (χ4n) is 3.44. The Morgan fingerprint density at radius 1 is 1.36 bits per heavy atom. The van der Waals surface area contributed by atoms with Crippen LogP contribution in [0, 0.1) is 11.3 Å². The van der Waals surface area contributed by atoms with Gasteiger partial charge in [0.15, 0.2) is 0 Å². The molecule has 0 spiro atoms. The zero-order valence-electron chi connectivity index (χ0n) is 11.8. The number of carboxylic acids is 1. The first kappa shape index (κ1) is 13.7. The van der Waals surface area contributed by atoms with E-state index in [9.17, 15) is 14.7 Å². The fourth-order valence-corrected chi connectivity index (χ4v) is 4.47. The predicted molar refractivity (Wildman–Crippen MR) is 82.1 cm³/mol. The molecule has 114 valence electrons. The Hall–Kier alpha value is -1.92. The normalized spacial score (nSPS) is 27.3. The van der Waals surface area contributed by atoms with Crippen LogP contribution in [0.5, 0.6) is 0 Å². The second-order valence-corrected chi connectivity index (χ2v) is 7.09. The van der Waals surface area contributed by atoms with Crippen LogP contribution in [0.1, 0.15) is 9.67 Å². The number of nitrogens with zero attached hydrogens (tertiary/aromatic N) is 1. The van der Waals surface area contributed by atoms with Gasteiger partial charge >= 0.3 is 5.97 Å². The van der Waals surface area contributed by atoms with Gasteiger partial charge < -0.3 is 14.7 Å². The molecule has 1 N–H and O–H groups in total. The molecule has 1 amide bonds. The highest BCUT2D eigenvalue weighted by molar-refractivity contribution is 7.20. The predicted octanol–water partition coefficient (Wildman–Crippen LogP) is 2.07. The van der Waals surface area contributed by atoms with Crippen molar-refractivity contribution in [1.29, 1.82) is 0 Å². The number of benzene rings is 1. The van der Waals surface area contributed by atoms with Crippen molar-refractivity contribution in [3.63, 3.8) is 0 Å². The van der Waals surface area contributed by atoms with Crippen LogP contribution in [0.3, 0.4) is 0 Å². The summed E-state index contributed by atoms with van der Waals surface area (Å²) >= 11 is 1.46. The van der Waals surface area contributed by atoms with Crippen LogP contribution in [-0.2, 0) is 9.53 Å². The summed E-state index contributed by atoms with van der Waals surface area (Å²) in [6.45, 7) is 1.31. The Morgan fingerprint density at radius 2 is 2.18 bits per heavy atom. The van der Waals surface area contributed by atoms with Gasteiger partial charge in [-0.1, -0.05) is 18.2 Å². The Balaban J connectivity index is 1.63. The number of fused-ring (bicyclic) bond motifs is 2. The van der Waals surface area contributed by atoms with Gasteiger partial charge in [0.25, 0.3) is 5.91 Å². The van der Waals surface area contributed by atoms with E-state index in [1.807, 2.05) is 30.3 Å². The molecule has 0 aliphatic carbocycles. The maximum Gasteiger partial charge on any atom is 0.314 e. The monoisotopic (exact) mass is 317 g/mol. The quantitative estimate of drug-likeness (QED) is 0.921. The number of carbonyl (C=O) groups excluding carboxylic acids is 1. The van der Waals surface area contributed by atoms with Crippen LogP contribution >= 0.6 is 11.3 Å². The maximum atomic E-state index is 12.7. The van der Waals surface area contributed by atoms with E-state index >= 15 is 0 Å². The first-order chi connectivity index (χ1) is 10.6. The highest BCUT2D eigenvalue weighted by Gasteiger charge is 2.57. The van der Waals surface area contributed by atoms with Gasteiger partial charge in [0, 0.05) is 23.7 Å². The highest BCUT2D eigenvalue weighted by atomic mass is 32.1. The molecule has 6 heteroatoms. The first-order valence-corrected chi connectivity index (χ1v) is 8.01. The molecule has 2 fully saturated rings. The average Bonchev–Trinajstić information content (AvgIpc) is 3.17. The summed E-state index contributed by atoms with van der Waals surface area (Å²) in [7, 11) is 0. The second-order valence-electron chi connectivity index (χ2n) is 6.01. The third-order valence-corrected chi connectivity index (χ3v) is 5.83. The minimum absolute atomic E-state index is 0.0729. The molecule has 0 bridgehead atoms. The summed E-state index contributed by atoms with van der Waals surface area (Å²) in [6.07, 6.45) is 0. The van der Waals surface area contributed by atoms with Crippen LogP contribution in [-0.4, -0.2) is 48.2 Å². The molecule has 1 aromatic heterocycles. The summed E-state index contributed by atoms with van der Waals surface area (Å²) in [6, 6.07) is 9.75. The maximum absolute atomic E-state index is 12.7. The van der Waals surface area contributed by atoms with Crippen molar-refractivity contribution < 1.29 is 19.4 Å². The molecule has 0 saturated carbocycles. The van der Waals surface area contributed by atoms with Crippen molar-refractivity contribution in [1.82, 2.24) is 4.90 Å². The Bertz CT molecular complexity index is 737. The molecule has 0 radical (unpaired) electrons. The third-order valence-electron chi connectivity index (χ3n) is 4.72. The number of hydrogen-bond donors (Lipinski definition) is 1. The summed E-state index contributed by atoms with van der Waals surface area (Å²) < 4.78 is 6.41. The number of amides is 1. The number of carbonyl (C=O) groups is 2. The van der Waals surface area contributed by atoms with E-state index in [0.29, 0.717) is 18.0 Å². The van der Waals surface area contributed by atoms with Crippen LogP contribution < -0.4 is 0 Å². The lowest BCUT2D eigenvalue weighted by molar-refractivity contribution is -0.149. The van der Waals surface area contributed by atoms with Gasteiger partial charge in [-0.25, -0.2) is 0 Å². The van der Waals surface area contributed by atoms with Gasteiger partial charge in [-0.05, 0) is 17.5 Å². The fraction of sp³-hybridized carbons (Fsp3) is 0.375. The average molecular weight is 317 g/mol. The standard InChI is InChI=1S/C16H15NO4S/c18-14(13-5-10-3-1-2-4-12(10)22-13)17-6-11-7-21-9-16(11,8-17)15(19)20/h1-5,11H,6-9H2,(H,19,20)/t11-,16-/m1/s1. The number of hydrogen-bond acceptors (Lipinski definition) is 4. The zero-order valence-corrected chi connectivity index (χ0v) is 12.6. The van der Waals surface area contributed by atoms with E-state index < -0.39 is 11.4 Å². The van der Waals surface area contributed by atoms with Gasteiger partial charge in [-0.2, -0.15) is 0 Å².